The average molecular weight is 303 g/mol. The molecule has 0 spiro atoms. The van der Waals surface area contributed by atoms with Gasteiger partial charge in [-0.3, -0.25) is 14.2 Å². The van der Waals surface area contributed by atoms with E-state index in [1.165, 1.54) is 23.0 Å². The summed E-state index contributed by atoms with van der Waals surface area (Å²) in [6.45, 7) is 2.75. The predicted octanol–water partition coefficient (Wildman–Crippen LogP) is 1.70. The summed E-state index contributed by atoms with van der Waals surface area (Å²) in [4.78, 5) is 28.6. The number of nitrogens with one attached hydrogen (secondary N) is 1. The monoisotopic (exact) mass is 303 g/mol. The third-order valence-electron chi connectivity index (χ3n) is 2.89. The van der Waals surface area contributed by atoms with Gasteiger partial charge in [-0.25, -0.2) is 4.98 Å². The summed E-state index contributed by atoms with van der Waals surface area (Å²) < 4.78 is 1.49. The molecule has 0 fully saturated rings. The van der Waals surface area contributed by atoms with Gasteiger partial charge < -0.3 is 5.32 Å². The minimum absolute atomic E-state index is 0.0924. The van der Waals surface area contributed by atoms with Crippen molar-refractivity contribution in [1.82, 2.24) is 14.9 Å². The highest BCUT2D eigenvalue weighted by Gasteiger charge is 2.00. The fraction of sp³-hybridized carbons (Fsp3) is 0.267. The molecule has 1 N–H and O–H groups in total. The van der Waals surface area contributed by atoms with Crippen molar-refractivity contribution in [2.45, 2.75) is 19.9 Å². The van der Waals surface area contributed by atoms with Crippen LogP contribution in [0.15, 0.2) is 40.8 Å². The lowest BCUT2D eigenvalue weighted by Gasteiger charge is -2.06. The summed E-state index contributed by atoms with van der Waals surface area (Å²) in [7, 11) is 0. The first-order valence-corrected chi connectivity index (χ1v) is 7.62. The van der Waals surface area contributed by atoms with E-state index in [0.29, 0.717) is 13.1 Å². The van der Waals surface area contributed by atoms with Gasteiger partial charge in [0.15, 0.2) is 0 Å². The van der Waals surface area contributed by atoms with E-state index in [1.807, 2.05) is 24.4 Å². The van der Waals surface area contributed by atoms with Crippen LogP contribution in [0, 0.1) is 0 Å². The fourth-order valence-corrected chi connectivity index (χ4v) is 2.35. The minimum atomic E-state index is -0.172. The number of nitrogens with zero attached hydrogens (tertiary/aromatic N) is 2. The molecule has 1 amide bonds. The highest BCUT2D eigenvalue weighted by Crippen LogP contribution is 2.09. The lowest BCUT2D eigenvalue weighted by molar-refractivity contribution is -0.116. The maximum absolute atomic E-state index is 11.8. The minimum Gasteiger partial charge on any atom is -0.351 e. The van der Waals surface area contributed by atoms with Crippen molar-refractivity contribution in [3.8, 4) is 0 Å². The standard InChI is InChI=1S/C15H17N3O2S/c1-2-12-10-15(20)18(11-17-12)8-7-16-14(19)6-5-13-4-3-9-21-13/h3-6,9-11H,2,7-8H2,1H3,(H,16,19)/b6-5+. The predicted molar refractivity (Wildman–Crippen MR) is 84.2 cm³/mol. The third kappa shape index (κ3) is 4.68. The van der Waals surface area contributed by atoms with E-state index in [-0.39, 0.29) is 11.5 Å². The van der Waals surface area contributed by atoms with Crippen LogP contribution in [0.5, 0.6) is 0 Å². The highest BCUT2D eigenvalue weighted by molar-refractivity contribution is 7.10. The van der Waals surface area contributed by atoms with Crippen LogP contribution in [0.2, 0.25) is 0 Å². The normalized spacial score (nSPS) is 10.9. The van der Waals surface area contributed by atoms with Crippen molar-refractivity contribution in [1.29, 1.82) is 0 Å². The van der Waals surface area contributed by atoms with Crippen molar-refractivity contribution in [2.75, 3.05) is 6.54 Å². The van der Waals surface area contributed by atoms with Gasteiger partial charge in [0.25, 0.3) is 5.56 Å². The van der Waals surface area contributed by atoms with Gasteiger partial charge in [0, 0.05) is 35.8 Å². The zero-order valence-corrected chi connectivity index (χ0v) is 12.6. The molecule has 2 aromatic heterocycles. The Labute approximate surface area is 127 Å². The Morgan fingerprint density at radius 3 is 3.05 bits per heavy atom. The smallest absolute Gasteiger partial charge is 0.253 e. The Morgan fingerprint density at radius 2 is 2.38 bits per heavy atom. The molecule has 110 valence electrons. The molecule has 0 radical (unpaired) electrons. The van der Waals surface area contributed by atoms with Crippen LogP contribution in [-0.2, 0) is 17.8 Å². The van der Waals surface area contributed by atoms with Gasteiger partial charge in [-0.1, -0.05) is 13.0 Å². The number of hydrogen-bond donors (Lipinski definition) is 1. The molecule has 0 saturated carbocycles. The fourth-order valence-electron chi connectivity index (χ4n) is 1.73. The van der Waals surface area contributed by atoms with E-state index in [1.54, 1.807) is 17.4 Å². The van der Waals surface area contributed by atoms with Crippen LogP contribution < -0.4 is 10.9 Å². The van der Waals surface area contributed by atoms with E-state index < -0.39 is 0 Å². The largest absolute Gasteiger partial charge is 0.351 e. The van der Waals surface area contributed by atoms with Crippen molar-refractivity contribution in [3.63, 3.8) is 0 Å². The molecule has 2 heterocycles. The second kappa shape index (κ2) is 7.54. The van der Waals surface area contributed by atoms with E-state index in [4.69, 9.17) is 0 Å². The molecule has 21 heavy (non-hydrogen) atoms. The number of carbonyl (C=O) groups excluding carboxylic acids is 1. The van der Waals surface area contributed by atoms with Crippen LogP contribution >= 0.6 is 11.3 Å². The molecule has 0 aliphatic carbocycles. The number of thiophene rings is 1. The lowest BCUT2D eigenvalue weighted by atomic mass is 10.3. The topological polar surface area (TPSA) is 64.0 Å². The quantitative estimate of drug-likeness (QED) is 0.826. The molecular weight excluding hydrogens is 286 g/mol. The Hall–Kier alpha value is -2.21. The highest BCUT2D eigenvalue weighted by atomic mass is 32.1. The summed E-state index contributed by atoms with van der Waals surface area (Å²) >= 11 is 1.57. The Balaban J connectivity index is 1.81. The summed E-state index contributed by atoms with van der Waals surface area (Å²) in [6, 6.07) is 5.40. The van der Waals surface area contributed by atoms with Gasteiger partial charge in [-0.05, 0) is 23.9 Å². The van der Waals surface area contributed by atoms with Gasteiger partial charge in [0.2, 0.25) is 5.91 Å². The molecule has 5 nitrogen and oxygen atoms in total. The molecule has 0 aromatic carbocycles. The number of aryl methyl sites for hydroxylation is 1. The molecule has 2 aromatic rings. The summed E-state index contributed by atoms with van der Waals surface area (Å²) in [5.41, 5.74) is 0.685. The summed E-state index contributed by atoms with van der Waals surface area (Å²) in [6.07, 6.45) is 5.52. The molecule has 0 saturated heterocycles. The molecule has 0 aliphatic heterocycles. The van der Waals surface area contributed by atoms with Crippen molar-refractivity contribution >= 4 is 23.3 Å². The van der Waals surface area contributed by atoms with E-state index >= 15 is 0 Å². The van der Waals surface area contributed by atoms with Gasteiger partial charge in [0.1, 0.15) is 0 Å². The number of amides is 1. The molecule has 2 rings (SSSR count). The van der Waals surface area contributed by atoms with E-state index in [9.17, 15) is 9.59 Å². The van der Waals surface area contributed by atoms with Crippen LogP contribution in [-0.4, -0.2) is 22.0 Å². The maximum Gasteiger partial charge on any atom is 0.253 e. The third-order valence-corrected chi connectivity index (χ3v) is 3.73. The average Bonchev–Trinajstić information content (AvgIpc) is 3.00. The second-order valence-corrected chi connectivity index (χ2v) is 5.38. The molecule has 0 bridgehead atoms. The first-order chi connectivity index (χ1) is 10.2. The molecule has 0 atom stereocenters. The van der Waals surface area contributed by atoms with Crippen molar-refractivity contribution < 1.29 is 4.79 Å². The van der Waals surface area contributed by atoms with Gasteiger partial charge in [-0.2, -0.15) is 0 Å². The Bertz CT molecular complexity index is 674. The van der Waals surface area contributed by atoms with E-state index in [0.717, 1.165) is 17.0 Å². The zero-order chi connectivity index (χ0) is 15.1. The molecule has 0 unspecified atom stereocenters. The summed E-state index contributed by atoms with van der Waals surface area (Å²) in [5, 5.41) is 4.70. The molecule has 6 heteroatoms. The molecular formula is C15H17N3O2S. The molecule has 0 aliphatic rings. The SMILES string of the molecule is CCc1cc(=O)n(CCNC(=O)/C=C/c2cccs2)cn1. The maximum atomic E-state index is 11.8. The van der Waals surface area contributed by atoms with Crippen LogP contribution in [0.3, 0.4) is 0 Å². The van der Waals surface area contributed by atoms with Crippen LogP contribution in [0.4, 0.5) is 0 Å². The van der Waals surface area contributed by atoms with Gasteiger partial charge >= 0.3 is 0 Å². The number of carbonyl (C=O) groups is 1. The number of aromatic nitrogens is 2. The van der Waals surface area contributed by atoms with Crippen molar-refractivity contribution in [2.24, 2.45) is 0 Å². The first-order valence-electron chi connectivity index (χ1n) is 6.74. The number of rotatable bonds is 6. The van der Waals surface area contributed by atoms with Crippen LogP contribution in [0.1, 0.15) is 17.5 Å². The zero-order valence-electron chi connectivity index (χ0n) is 11.8. The van der Waals surface area contributed by atoms with Crippen LogP contribution in [0.25, 0.3) is 6.08 Å². The van der Waals surface area contributed by atoms with Gasteiger partial charge in [0.05, 0.1) is 6.33 Å². The van der Waals surface area contributed by atoms with Gasteiger partial charge in [-0.15, -0.1) is 11.3 Å². The Morgan fingerprint density at radius 1 is 1.52 bits per heavy atom. The van der Waals surface area contributed by atoms with E-state index in [2.05, 4.69) is 10.3 Å². The summed E-state index contributed by atoms with van der Waals surface area (Å²) in [5.74, 6) is -0.172. The Kier molecular flexibility index (Phi) is 5.45. The second-order valence-electron chi connectivity index (χ2n) is 4.41. The first kappa shape index (κ1) is 15.2. The van der Waals surface area contributed by atoms with Crippen molar-refractivity contribution in [3.05, 3.63) is 56.9 Å². The number of hydrogen-bond acceptors (Lipinski definition) is 4. The lowest BCUT2D eigenvalue weighted by Crippen LogP contribution is -2.30.